The molecule has 0 amide bonds. The number of aryl methyl sites for hydroxylation is 2. The standard InChI is InChI=1S/C18H24N8/c1-13-4-5-16(21-20-13)25-9-6-15(7-10-25)18-23-22-17(24(18)3)12-26-11-8-19-14(26)2/h4-5,8,11,15H,6-7,9-10,12H2,1-3H3. The van der Waals surface area contributed by atoms with Crippen molar-refractivity contribution in [2.24, 2.45) is 7.05 Å². The Hall–Kier alpha value is -2.77. The summed E-state index contributed by atoms with van der Waals surface area (Å²) in [6, 6.07) is 4.07. The maximum atomic E-state index is 4.49. The first-order valence-corrected chi connectivity index (χ1v) is 9.03. The van der Waals surface area contributed by atoms with Crippen LogP contribution in [0.15, 0.2) is 24.5 Å². The Balaban J connectivity index is 1.43. The molecule has 0 N–H and O–H groups in total. The highest BCUT2D eigenvalue weighted by atomic mass is 15.3. The fourth-order valence-electron chi connectivity index (χ4n) is 3.52. The Morgan fingerprint density at radius 1 is 1.04 bits per heavy atom. The Kier molecular flexibility index (Phi) is 4.40. The zero-order valence-corrected chi connectivity index (χ0v) is 15.5. The summed E-state index contributed by atoms with van der Waals surface area (Å²) in [5.41, 5.74) is 0.948. The average Bonchev–Trinajstić information content (AvgIpc) is 3.22. The fourth-order valence-corrected chi connectivity index (χ4v) is 3.52. The molecule has 4 heterocycles. The van der Waals surface area contributed by atoms with Gasteiger partial charge < -0.3 is 14.0 Å². The van der Waals surface area contributed by atoms with Crippen molar-refractivity contribution in [3.8, 4) is 0 Å². The molecular weight excluding hydrogens is 328 g/mol. The smallest absolute Gasteiger partial charge is 0.152 e. The van der Waals surface area contributed by atoms with Crippen molar-refractivity contribution < 1.29 is 0 Å². The monoisotopic (exact) mass is 352 g/mol. The van der Waals surface area contributed by atoms with Crippen LogP contribution in [0, 0.1) is 13.8 Å². The van der Waals surface area contributed by atoms with Gasteiger partial charge in [0.05, 0.1) is 12.2 Å². The summed E-state index contributed by atoms with van der Waals surface area (Å²) in [7, 11) is 2.06. The zero-order chi connectivity index (χ0) is 18.1. The molecule has 1 aliphatic rings. The highest BCUT2D eigenvalue weighted by Crippen LogP contribution is 2.28. The largest absolute Gasteiger partial charge is 0.355 e. The lowest BCUT2D eigenvalue weighted by Gasteiger charge is -2.32. The van der Waals surface area contributed by atoms with Gasteiger partial charge in [0.1, 0.15) is 11.6 Å². The summed E-state index contributed by atoms with van der Waals surface area (Å²) in [6.45, 7) is 6.59. The van der Waals surface area contributed by atoms with Gasteiger partial charge in [0, 0.05) is 38.4 Å². The van der Waals surface area contributed by atoms with Crippen molar-refractivity contribution in [1.82, 2.24) is 34.5 Å². The van der Waals surface area contributed by atoms with Gasteiger partial charge in [-0.25, -0.2) is 4.98 Å². The van der Waals surface area contributed by atoms with Gasteiger partial charge in [0.15, 0.2) is 11.6 Å². The van der Waals surface area contributed by atoms with Crippen molar-refractivity contribution in [3.63, 3.8) is 0 Å². The molecule has 8 nitrogen and oxygen atoms in total. The zero-order valence-electron chi connectivity index (χ0n) is 15.5. The van der Waals surface area contributed by atoms with Crippen molar-refractivity contribution in [2.45, 2.75) is 39.2 Å². The molecule has 0 radical (unpaired) electrons. The lowest BCUT2D eigenvalue weighted by Crippen LogP contribution is -2.34. The summed E-state index contributed by atoms with van der Waals surface area (Å²) < 4.78 is 4.23. The van der Waals surface area contributed by atoms with Gasteiger partial charge in [-0.3, -0.25) is 0 Å². The number of piperidine rings is 1. The van der Waals surface area contributed by atoms with Gasteiger partial charge in [0.25, 0.3) is 0 Å². The number of aromatic nitrogens is 7. The van der Waals surface area contributed by atoms with Crippen LogP contribution in [0.1, 0.15) is 41.9 Å². The lowest BCUT2D eigenvalue weighted by molar-refractivity contribution is 0.469. The van der Waals surface area contributed by atoms with E-state index in [1.807, 2.05) is 32.3 Å². The topological polar surface area (TPSA) is 77.5 Å². The molecule has 0 unspecified atom stereocenters. The van der Waals surface area contributed by atoms with E-state index in [-0.39, 0.29) is 0 Å². The molecule has 3 aromatic rings. The van der Waals surface area contributed by atoms with Crippen LogP contribution < -0.4 is 4.90 Å². The molecule has 0 saturated carbocycles. The van der Waals surface area contributed by atoms with E-state index in [2.05, 4.69) is 52.5 Å². The Morgan fingerprint density at radius 2 is 1.85 bits per heavy atom. The van der Waals surface area contributed by atoms with Gasteiger partial charge in [-0.1, -0.05) is 0 Å². The molecule has 1 aliphatic heterocycles. The molecule has 4 rings (SSSR count). The Bertz CT molecular complexity index is 871. The summed E-state index contributed by atoms with van der Waals surface area (Å²) in [4.78, 5) is 6.57. The summed E-state index contributed by atoms with van der Waals surface area (Å²) in [6.07, 6.45) is 5.89. The molecule has 3 aromatic heterocycles. The van der Waals surface area contributed by atoms with E-state index in [1.54, 1.807) is 0 Å². The number of anilines is 1. The van der Waals surface area contributed by atoms with E-state index in [1.165, 1.54) is 0 Å². The minimum Gasteiger partial charge on any atom is -0.355 e. The van der Waals surface area contributed by atoms with Crippen LogP contribution in [-0.4, -0.2) is 47.6 Å². The third kappa shape index (κ3) is 3.18. The molecule has 0 atom stereocenters. The number of rotatable bonds is 4. The molecular formula is C18H24N8. The van der Waals surface area contributed by atoms with E-state index in [0.717, 1.165) is 54.9 Å². The second kappa shape index (κ2) is 6.86. The van der Waals surface area contributed by atoms with Crippen LogP contribution in [0.2, 0.25) is 0 Å². The minimum atomic E-state index is 0.430. The van der Waals surface area contributed by atoms with E-state index in [9.17, 15) is 0 Å². The number of hydrogen-bond donors (Lipinski definition) is 0. The molecule has 0 spiro atoms. The van der Waals surface area contributed by atoms with Gasteiger partial charge in [-0.2, -0.15) is 5.10 Å². The van der Waals surface area contributed by atoms with Crippen LogP contribution in [0.3, 0.4) is 0 Å². The van der Waals surface area contributed by atoms with E-state index < -0.39 is 0 Å². The first kappa shape index (κ1) is 16.7. The molecule has 0 aliphatic carbocycles. The van der Waals surface area contributed by atoms with Crippen LogP contribution in [0.5, 0.6) is 0 Å². The number of hydrogen-bond acceptors (Lipinski definition) is 6. The predicted molar refractivity (Wildman–Crippen MR) is 98.0 cm³/mol. The number of nitrogens with zero attached hydrogens (tertiary/aromatic N) is 8. The van der Waals surface area contributed by atoms with Crippen molar-refractivity contribution >= 4 is 5.82 Å². The Morgan fingerprint density at radius 3 is 2.50 bits per heavy atom. The second-order valence-electron chi connectivity index (χ2n) is 6.93. The SMILES string of the molecule is Cc1ccc(N2CCC(c3nnc(Cn4ccnc4C)n3C)CC2)nn1. The third-order valence-corrected chi connectivity index (χ3v) is 5.20. The maximum absolute atomic E-state index is 4.49. The van der Waals surface area contributed by atoms with Gasteiger partial charge in [0.2, 0.25) is 0 Å². The second-order valence-corrected chi connectivity index (χ2v) is 6.93. The summed E-state index contributed by atoms with van der Waals surface area (Å²) in [5, 5.41) is 17.4. The van der Waals surface area contributed by atoms with Crippen molar-refractivity contribution in [3.05, 3.63) is 47.7 Å². The first-order valence-electron chi connectivity index (χ1n) is 9.03. The molecule has 1 saturated heterocycles. The van der Waals surface area contributed by atoms with Crippen LogP contribution in [-0.2, 0) is 13.6 Å². The van der Waals surface area contributed by atoms with Crippen LogP contribution in [0.4, 0.5) is 5.82 Å². The minimum absolute atomic E-state index is 0.430. The van der Waals surface area contributed by atoms with Crippen molar-refractivity contribution in [2.75, 3.05) is 18.0 Å². The first-order chi connectivity index (χ1) is 12.6. The van der Waals surface area contributed by atoms with Crippen LogP contribution in [0.25, 0.3) is 0 Å². The quantitative estimate of drug-likeness (QED) is 0.713. The van der Waals surface area contributed by atoms with Gasteiger partial charge in [-0.15, -0.1) is 15.3 Å². The van der Waals surface area contributed by atoms with Crippen molar-refractivity contribution in [1.29, 1.82) is 0 Å². The molecule has 0 bridgehead atoms. The highest BCUT2D eigenvalue weighted by Gasteiger charge is 2.26. The van der Waals surface area contributed by atoms with Gasteiger partial charge in [-0.05, 0) is 38.8 Å². The molecule has 26 heavy (non-hydrogen) atoms. The molecule has 136 valence electrons. The summed E-state index contributed by atoms with van der Waals surface area (Å²) >= 11 is 0. The van der Waals surface area contributed by atoms with Gasteiger partial charge >= 0.3 is 0 Å². The maximum Gasteiger partial charge on any atom is 0.152 e. The van der Waals surface area contributed by atoms with E-state index in [4.69, 9.17) is 0 Å². The molecule has 1 fully saturated rings. The Labute approximate surface area is 152 Å². The molecule has 8 heteroatoms. The lowest BCUT2D eigenvalue weighted by atomic mass is 9.96. The average molecular weight is 352 g/mol. The fraction of sp³-hybridized carbons (Fsp3) is 0.500. The summed E-state index contributed by atoms with van der Waals surface area (Å²) in [5.74, 6) is 4.42. The molecule has 0 aromatic carbocycles. The van der Waals surface area contributed by atoms with E-state index >= 15 is 0 Å². The highest BCUT2D eigenvalue weighted by molar-refractivity contribution is 5.38. The third-order valence-electron chi connectivity index (χ3n) is 5.20. The predicted octanol–water partition coefficient (Wildman–Crippen LogP) is 1.85. The number of imidazole rings is 1. The normalized spacial score (nSPS) is 15.6. The van der Waals surface area contributed by atoms with E-state index in [0.29, 0.717) is 12.5 Å². The van der Waals surface area contributed by atoms with Crippen LogP contribution >= 0.6 is 0 Å².